The minimum atomic E-state index is -3.75. The Bertz CT molecular complexity index is 577. The number of aryl methyl sites for hydroxylation is 1. The van der Waals surface area contributed by atoms with E-state index in [9.17, 15) is 18.3 Å². The van der Waals surface area contributed by atoms with E-state index < -0.39 is 22.0 Å². The van der Waals surface area contributed by atoms with Crippen LogP contribution in [0.3, 0.4) is 0 Å². The summed E-state index contributed by atoms with van der Waals surface area (Å²) in [5, 5.41) is 13.0. The smallest absolute Gasteiger partial charge is 0.327 e. The molecule has 1 aromatic rings. The van der Waals surface area contributed by atoms with Crippen molar-refractivity contribution in [2.75, 3.05) is 12.4 Å². The molecule has 2 unspecified atom stereocenters. The van der Waals surface area contributed by atoms with Crippen molar-refractivity contribution in [2.45, 2.75) is 25.0 Å². The van der Waals surface area contributed by atoms with Crippen molar-refractivity contribution in [1.29, 1.82) is 0 Å². The first-order valence-electron chi connectivity index (χ1n) is 6.21. The van der Waals surface area contributed by atoms with E-state index in [-0.39, 0.29) is 17.6 Å². The van der Waals surface area contributed by atoms with Crippen molar-refractivity contribution in [3.63, 3.8) is 0 Å². The van der Waals surface area contributed by atoms with E-state index in [1.165, 1.54) is 16.9 Å². The Balaban J connectivity index is 2.11. The minimum Gasteiger partial charge on any atom is -0.480 e. The SMILES string of the molecule is Cn1nccc1C(NS(=O)(=O)CC1CCCO1)C(=O)O. The van der Waals surface area contributed by atoms with E-state index in [2.05, 4.69) is 9.82 Å². The third-order valence-corrected chi connectivity index (χ3v) is 4.53. The quantitative estimate of drug-likeness (QED) is 0.743. The van der Waals surface area contributed by atoms with Crippen LogP contribution >= 0.6 is 0 Å². The Morgan fingerprint density at radius 2 is 2.45 bits per heavy atom. The van der Waals surface area contributed by atoms with Gasteiger partial charge in [0.25, 0.3) is 0 Å². The van der Waals surface area contributed by atoms with Crippen molar-refractivity contribution in [3.8, 4) is 0 Å². The van der Waals surface area contributed by atoms with Crippen LogP contribution in [0.4, 0.5) is 0 Å². The summed E-state index contributed by atoms with van der Waals surface area (Å²) in [6.45, 7) is 0.546. The van der Waals surface area contributed by atoms with Crippen molar-refractivity contribution in [2.24, 2.45) is 7.05 Å². The molecule has 0 aromatic carbocycles. The summed E-state index contributed by atoms with van der Waals surface area (Å²) >= 11 is 0. The third kappa shape index (κ3) is 3.56. The van der Waals surface area contributed by atoms with E-state index in [0.29, 0.717) is 13.0 Å². The van der Waals surface area contributed by atoms with Crippen LogP contribution in [0.2, 0.25) is 0 Å². The van der Waals surface area contributed by atoms with Gasteiger partial charge in [-0.25, -0.2) is 8.42 Å². The Kier molecular flexibility index (Phi) is 4.41. The highest BCUT2D eigenvalue weighted by molar-refractivity contribution is 7.89. The average Bonchev–Trinajstić information content (AvgIpc) is 2.97. The van der Waals surface area contributed by atoms with Crippen molar-refractivity contribution >= 4 is 16.0 Å². The molecule has 112 valence electrons. The van der Waals surface area contributed by atoms with Gasteiger partial charge in [0.2, 0.25) is 10.0 Å². The van der Waals surface area contributed by atoms with Gasteiger partial charge in [-0.2, -0.15) is 9.82 Å². The predicted octanol–water partition coefficient (Wildman–Crippen LogP) is -0.356. The number of aliphatic carboxylic acids is 1. The second-order valence-corrected chi connectivity index (χ2v) is 6.48. The summed E-state index contributed by atoms with van der Waals surface area (Å²) < 4.78 is 32.8. The molecule has 1 aliphatic rings. The lowest BCUT2D eigenvalue weighted by Crippen LogP contribution is -2.38. The molecule has 2 N–H and O–H groups in total. The van der Waals surface area contributed by atoms with Crippen LogP contribution in [-0.2, 0) is 26.6 Å². The van der Waals surface area contributed by atoms with Gasteiger partial charge < -0.3 is 9.84 Å². The van der Waals surface area contributed by atoms with E-state index in [4.69, 9.17) is 4.74 Å². The highest BCUT2D eigenvalue weighted by Crippen LogP contribution is 2.17. The number of carbonyl (C=O) groups is 1. The highest BCUT2D eigenvalue weighted by atomic mass is 32.2. The van der Waals surface area contributed by atoms with Crippen molar-refractivity contribution < 1.29 is 23.1 Å². The molecule has 9 heteroatoms. The number of carboxylic acids is 1. The van der Waals surface area contributed by atoms with Crippen LogP contribution in [0.25, 0.3) is 0 Å². The minimum absolute atomic E-state index is 0.228. The summed E-state index contributed by atoms with van der Waals surface area (Å²) in [4.78, 5) is 11.3. The fourth-order valence-electron chi connectivity index (χ4n) is 2.15. The molecule has 2 rings (SSSR count). The van der Waals surface area contributed by atoms with Gasteiger partial charge in [-0.15, -0.1) is 0 Å². The molecule has 0 saturated carbocycles. The summed E-state index contributed by atoms with van der Waals surface area (Å²) in [6, 6.07) is 0.113. The Labute approximate surface area is 116 Å². The molecule has 2 atom stereocenters. The van der Waals surface area contributed by atoms with Gasteiger partial charge in [0, 0.05) is 19.9 Å². The van der Waals surface area contributed by atoms with Gasteiger partial charge in [-0.3, -0.25) is 9.48 Å². The number of hydrogen-bond acceptors (Lipinski definition) is 5. The average molecular weight is 303 g/mol. The Hall–Kier alpha value is -1.45. The molecular weight excluding hydrogens is 286 g/mol. The van der Waals surface area contributed by atoms with Crippen LogP contribution < -0.4 is 4.72 Å². The summed E-state index contributed by atoms with van der Waals surface area (Å²) in [5.74, 6) is -1.50. The number of nitrogens with zero attached hydrogens (tertiary/aromatic N) is 2. The predicted molar refractivity (Wildman–Crippen MR) is 69.5 cm³/mol. The van der Waals surface area contributed by atoms with Gasteiger partial charge in [0.1, 0.15) is 0 Å². The lowest BCUT2D eigenvalue weighted by molar-refractivity contribution is -0.139. The summed E-state index contributed by atoms with van der Waals surface area (Å²) in [6.07, 6.45) is 2.54. The number of nitrogens with one attached hydrogen (secondary N) is 1. The van der Waals surface area contributed by atoms with Gasteiger partial charge in [-0.1, -0.05) is 0 Å². The monoisotopic (exact) mass is 303 g/mol. The molecular formula is C11H17N3O5S. The van der Waals surface area contributed by atoms with Crippen LogP contribution in [0, 0.1) is 0 Å². The van der Waals surface area contributed by atoms with Gasteiger partial charge >= 0.3 is 5.97 Å². The molecule has 1 fully saturated rings. The van der Waals surface area contributed by atoms with Crippen LogP contribution in [0.15, 0.2) is 12.3 Å². The number of hydrogen-bond donors (Lipinski definition) is 2. The van der Waals surface area contributed by atoms with Gasteiger partial charge in [0.05, 0.1) is 17.6 Å². The van der Waals surface area contributed by atoms with Crippen LogP contribution in [-0.4, -0.2) is 47.7 Å². The Morgan fingerprint density at radius 1 is 1.70 bits per heavy atom. The fraction of sp³-hybridized carbons (Fsp3) is 0.636. The van der Waals surface area contributed by atoms with E-state index >= 15 is 0 Å². The molecule has 0 spiro atoms. The maximum atomic E-state index is 12.0. The lowest BCUT2D eigenvalue weighted by Gasteiger charge is -2.16. The maximum absolute atomic E-state index is 12.0. The first kappa shape index (κ1) is 14.9. The zero-order valence-corrected chi connectivity index (χ0v) is 11.8. The van der Waals surface area contributed by atoms with E-state index in [1.54, 1.807) is 7.05 Å². The first-order valence-corrected chi connectivity index (χ1v) is 7.86. The van der Waals surface area contributed by atoms with Crippen molar-refractivity contribution in [3.05, 3.63) is 18.0 Å². The molecule has 0 amide bonds. The molecule has 0 radical (unpaired) electrons. The fourth-order valence-corrected chi connectivity index (χ4v) is 3.58. The normalized spacial score (nSPS) is 20.9. The third-order valence-electron chi connectivity index (χ3n) is 3.13. The first-order chi connectivity index (χ1) is 9.39. The largest absolute Gasteiger partial charge is 0.480 e. The standard InChI is InChI=1S/C11H17N3O5S/c1-14-9(4-5-12-14)10(11(15)16)13-20(17,18)7-8-3-2-6-19-8/h4-5,8,10,13H,2-3,6-7H2,1H3,(H,15,16). The van der Waals surface area contributed by atoms with Crippen LogP contribution in [0.1, 0.15) is 24.6 Å². The summed E-state index contributed by atoms with van der Waals surface area (Å²) in [7, 11) is -2.19. The Morgan fingerprint density at radius 3 is 2.95 bits per heavy atom. The molecule has 1 aromatic heterocycles. The molecule has 8 nitrogen and oxygen atoms in total. The lowest BCUT2D eigenvalue weighted by atomic mass is 10.2. The second kappa shape index (κ2) is 5.90. The molecule has 1 saturated heterocycles. The van der Waals surface area contributed by atoms with E-state index in [1.807, 2.05) is 0 Å². The number of carboxylic acid groups (broad SMARTS) is 1. The number of ether oxygens (including phenoxy) is 1. The zero-order chi connectivity index (χ0) is 14.8. The zero-order valence-electron chi connectivity index (χ0n) is 11.0. The highest BCUT2D eigenvalue weighted by Gasteiger charge is 2.30. The molecule has 20 heavy (non-hydrogen) atoms. The molecule has 0 aliphatic carbocycles. The maximum Gasteiger partial charge on any atom is 0.327 e. The molecule has 1 aliphatic heterocycles. The number of rotatable bonds is 6. The topological polar surface area (TPSA) is 111 Å². The summed E-state index contributed by atoms with van der Waals surface area (Å²) in [5.41, 5.74) is 0.272. The van der Waals surface area contributed by atoms with E-state index in [0.717, 1.165) is 6.42 Å². The van der Waals surface area contributed by atoms with Gasteiger partial charge in [0.15, 0.2) is 6.04 Å². The molecule has 2 heterocycles. The van der Waals surface area contributed by atoms with Gasteiger partial charge in [-0.05, 0) is 18.9 Å². The number of aromatic nitrogens is 2. The second-order valence-electron chi connectivity index (χ2n) is 4.69. The van der Waals surface area contributed by atoms with Crippen molar-refractivity contribution in [1.82, 2.24) is 14.5 Å². The van der Waals surface area contributed by atoms with Crippen LogP contribution in [0.5, 0.6) is 0 Å². The number of sulfonamides is 1. The molecule has 0 bridgehead atoms.